The number of ether oxygens (including phenoxy) is 2. The van der Waals surface area contributed by atoms with Crippen LogP contribution in [0.3, 0.4) is 0 Å². The second-order valence-electron chi connectivity index (χ2n) is 4.71. The lowest BCUT2D eigenvalue weighted by Crippen LogP contribution is -2.32. The van der Waals surface area contributed by atoms with Gasteiger partial charge >= 0.3 is 0 Å². The number of aliphatic hydroxyl groups is 1. The molecule has 0 aromatic heterocycles. The summed E-state index contributed by atoms with van der Waals surface area (Å²) in [6.45, 7) is 4.11. The molecule has 1 heterocycles. The molecule has 0 aliphatic carbocycles. The van der Waals surface area contributed by atoms with E-state index in [2.05, 4.69) is 0 Å². The van der Waals surface area contributed by atoms with Crippen molar-refractivity contribution in [2.24, 2.45) is 11.1 Å². The molecule has 88 valence electrons. The number of nitrogens with two attached hydrogens (primary N) is 1. The Morgan fingerprint density at radius 2 is 2.19 bits per heavy atom. The minimum atomic E-state index is -0.388. The van der Waals surface area contributed by atoms with E-state index in [9.17, 15) is 5.11 Å². The average Bonchev–Trinajstić information content (AvgIpc) is 2.75. The summed E-state index contributed by atoms with van der Waals surface area (Å²) in [6, 6.07) is 5.37. The molecule has 1 aliphatic rings. The fourth-order valence-corrected chi connectivity index (χ4v) is 1.72. The van der Waals surface area contributed by atoms with E-state index in [-0.39, 0.29) is 24.9 Å². The summed E-state index contributed by atoms with van der Waals surface area (Å²) in [4.78, 5) is 0. The van der Waals surface area contributed by atoms with Crippen LogP contribution in [0.15, 0.2) is 18.2 Å². The summed E-state index contributed by atoms with van der Waals surface area (Å²) < 4.78 is 10.7. The summed E-state index contributed by atoms with van der Waals surface area (Å²) >= 11 is 0. The van der Waals surface area contributed by atoms with E-state index in [1.165, 1.54) is 0 Å². The van der Waals surface area contributed by atoms with E-state index in [4.69, 9.17) is 15.2 Å². The number of aliphatic hydroxyl groups excluding tert-OH is 1. The van der Waals surface area contributed by atoms with Crippen molar-refractivity contribution >= 4 is 0 Å². The predicted molar refractivity (Wildman–Crippen MR) is 60.4 cm³/mol. The molecule has 0 unspecified atom stereocenters. The Morgan fingerprint density at radius 3 is 2.88 bits per heavy atom. The van der Waals surface area contributed by atoms with Gasteiger partial charge in [0.1, 0.15) is 0 Å². The zero-order chi connectivity index (χ0) is 11.8. The topological polar surface area (TPSA) is 64.7 Å². The molecule has 0 spiro atoms. The van der Waals surface area contributed by atoms with E-state index >= 15 is 0 Å². The average molecular weight is 223 g/mol. The van der Waals surface area contributed by atoms with Gasteiger partial charge in [0, 0.05) is 23.6 Å². The van der Waals surface area contributed by atoms with Gasteiger partial charge in [-0.3, -0.25) is 0 Å². The number of fused-ring (bicyclic) bond motifs is 1. The monoisotopic (exact) mass is 223 g/mol. The van der Waals surface area contributed by atoms with E-state index < -0.39 is 0 Å². The van der Waals surface area contributed by atoms with E-state index in [1.54, 1.807) is 0 Å². The zero-order valence-electron chi connectivity index (χ0n) is 9.56. The van der Waals surface area contributed by atoms with Crippen LogP contribution in [0.2, 0.25) is 0 Å². The van der Waals surface area contributed by atoms with Crippen LogP contribution in [0.5, 0.6) is 11.5 Å². The standard InChI is InChI=1S/C12H17NO3/c1-12(2,6-14)11(13)8-4-3-5-9-10(8)16-7-15-9/h3-5,11,14H,6-7,13H2,1-2H3/t11-/m1/s1. The lowest BCUT2D eigenvalue weighted by Gasteiger charge is -2.30. The first-order chi connectivity index (χ1) is 7.56. The third kappa shape index (κ3) is 1.74. The molecule has 1 aliphatic heterocycles. The first-order valence-electron chi connectivity index (χ1n) is 5.31. The zero-order valence-corrected chi connectivity index (χ0v) is 9.56. The molecule has 2 rings (SSSR count). The smallest absolute Gasteiger partial charge is 0.231 e. The van der Waals surface area contributed by atoms with Crippen molar-refractivity contribution in [2.45, 2.75) is 19.9 Å². The van der Waals surface area contributed by atoms with Crippen molar-refractivity contribution in [3.8, 4) is 11.5 Å². The van der Waals surface area contributed by atoms with Crippen molar-refractivity contribution in [1.29, 1.82) is 0 Å². The Kier molecular flexibility index (Phi) is 2.78. The van der Waals surface area contributed by atoms with E-state index in [0.29, 0.717) is 5.75 Å². The molecule has 1 aromatic rings. The third-order valence-electron chi connectivity index (χ3n) is 3.01. The largest absolute Gasteiger partial charge is 0.454 e. The molecule has 0 radical (unpaired) electrons. The quantitative estimate of drug-likeness (QED) is 0.813. The van der Waals surface area contributed by atoms with Crippen LogP contribution in [0.1, 0.15) is 25.5 Å². The number of hydrogen-bond acceptors (Lipinski definition) is 4. The molecule has 0 bridgehead atoms. The summed E-state index contributed by atoms with van der Waals surface area (Å²) in [5.74, 6) is 1.43. The maximum absolute atomic E-state index is 9.32. The molecular weight excluding hydrogens is 206 g/mol. The summed E-state index contributed by atoms with van der Waals surface area (Å²) in [6.07, 6.45) is 0. The van der Waals surface area contributed by atoms with Gasteiger partial charge in [0.05, 0.1) is 0 Å². The Hall–Kier alpha value is -1.26. The lowest BCUT2D eigenvalue weighted by molar-refractivity contribution is 0.129. The third-order valence-corrected chi connectivity index (χ3v) is 3.01. The van der Waals surface area contributed by atoms with Crippen molar-refractivity contribution in [3.05, 3.63) is 23.8 Å². The maximum atomic E-state index is 9.32. The highest BCUT2D eigenvalue weighted by Gasteiger charge is 2.31. The maximum Gasteiger partial charge on any atom is 0.231 e. The predicted octanol–water partition coefficient (Wildman–Crippen LogP) is 1.43. The SMILES string of the molecule is CC(C)(CO)[C@H](N)c1cccc2c1OCO2. The van der Waals surface area contributed by atoms with Gasteiger partial charge in [-0.15, -0.1) is 0 Å². The number of rotatable bonds is 3. The Labute approximate surface area is 95.0 Å². The van der Waals surface area contributed by atoms with Gasteiger partial charge in [-0.2, -0.15) is 0 Å². The van der Waals surface area contributed by atoms with E-state index in [0.717, 1.165) is 11.3 Å². The number of para-hydroxylation sites is 1. The minimum Gasteiger partial charge on any atom is -0.454 e. The Morgan fingerprint density at radius 1 is 1.44 bits per heavy atom. The van der Waals surface area contributed by atoms with Crippen LogP contribution in [0, 0.1) is 5.41 Å². The van der Waals surface area contributed by atoms with E-state index in [1.807, 2.05) is 32.0 Å². The van der Waals surface area contributed by atoms with Crippen molar-refractivity contribution in [2.75, 3.05) is 13.4 Å². The summed E-state index contributed by atoms with van der Waals surface area (Å²) in [5.41, 5.74) is 6.66. The lowest BCUT2D eigenvalue weighted by atomic mass is 9.81. The molecular formula is C12H17NO3. The van der Waals surface area contributed by atoms with Gasteiger partial charge in [-0.25, -0.2) is 0 Å². The molecule has 4 heteroatoms. The molecule has 0 fully saturated rings. The van der Waals surface area contributed by atoms with Gasteiger partial charge in [-0.1, -0.05) is 26.0 Å². The second kappa shape index (κ2) is 3.96. The van der Waals surface area contributed by atoms with Gasteiger partial charge in [-0.05, 0) is 6.07 Å². The minimum absolute atomic E-state index is 0.0265. The van der Waals surface area contributed by atoms with Crippen LogP contribution >= 0.6 is 0 Å². The fourth-order valence-electron chi connectivity index (χ4n) is 1.72. The van der Waals surface area contributed by atoms with Crippen molar-refractivity contribution in [1.82, 2.24) is 0 Å². The van der Waals surface area contributed by atoms with Crippen LogP contribution in [-0.4, -0.2) is 18.5 Å². The molecule has 1 aromatic carbocycles. The highest BCUT2D eigenvalue weighted by molar-refractivity contribution is 5.49. The van der Waals surface area contributed by atoms with Gasteiger partial charge in [0.25, 0.3) is 0 Å². The molecule has 16 heavy (non-hydrogen) atoms. The van der Waals surface area contributed by atoms with Crippen molar-refractivity contribution in [3.63, 3.8) is 0 Å². The van der Waals surface area contributed by atoms with Gasteiger partial charge in [0.15, 0.2) is 11.5 Å². The Balaban J connectivity index is 2.38. The molecule has 1 atom stereocenters. The number of benzene rings is 1. The molecule has 0 saturated heterocycles. The molecule has 0 amide bonds. The van der Waals surface area contributed by atoms with Crippen LogP contribution in [0.4, 0.5) is 0 Å². The summed E-state index contributed by atoms with van der Waals surface area (Å²) in [7, 11) is 0. The number of hydrogen-bond donors (Lipinski definition) is 2. The fraction of sp³-hybridized carbons (Fsp3) is 0.500. The van der Waals surface area contributed by atoms with Crippen LogP contribution in [0.25, 0.3) is 0 Å². The van der Waals surface area contributed by atoms with Gasteiger partial charge < -0.3 is 20.3 Å². The second-order valence-corrected chi connectivity index (χ2v) is 4.71. The highest BCUT2D eigenvalue weighted by Crippen LogP contribution is 2.42. The Bertz CT molecular complexity index is 390. The normalized spacial score (nSPS) is 16.2. The molecule has 0 saturated carbocycles. The van der Waals surface area contributed by atoms with Crippen LogP contribution < -0.4 is 15.2 Å². The molecule has 4 nitrogen and oxygen atoms in total. The van der Waals surface area contributed by atoms with Gasteiger partial charge in [0.2, 0.25) is 6.79 Å². The summed E-state index contributed by atoms with van der Waals surface area (Å²) in [5, 5.41) is 9.32. The molecule has 3 N–H and O–H groups in total. The van der Waals surface area contributed by atoms with Crippen LogP contribution in [-0.2, 0) is 0 Å². The first-order valence-corrected chi connectivity index (χ1v) is 5.31. The highest BCUT2D eigenvalue weighted by atomic mass is 16.7. The van der Waals surface area contributed by atoms with Crippen molar-refractivity contribution < 1.29 is 14.6 Å². The first kappa shape index (κ1) is 11.2.